The van der Waals surface area contributed by atoms with Crippen molar-refractivity contribution >= 4 is 17.9 Å². The van der Waals surface area contributed by atoms with E-state index in [1.54, 1.807) is 0 Å². The number of carbonyl (C=O) groups excluding carboxylic acids is 1. The second-order valence-corrected chi connectivity index (χ2v) is 8.33. The summed E-state index contributed by atoms with van der Waals surface area (Å²) in [7, 11) is 0. The Morgan fingerprint density at radius 2 is 1.85 bits per heavy atom. The second-order valence-electron chi connectivity index (χ2n) is 7.10. The van der Waals surface area contributed by atoms with Crippen molar-refractivity contribution in [1.82, 2.24) is 9.80 Å². The molecule has 0 spiro atoms. The summed E-state index contributed by atoms with van der Waals surface area (Å²) in [5, 5.41) is 0. The molecule has 2 rings (SSSR count). The predicted molar refractivity (Wildman–Crippen MR) is 84.3 cm³/mol. The van der Waals surface area contributed by atoms with E-state index in [9.17, 15) is 4.79 Å². The minimum absolute atomic E-state index is 0.121. The molecule has 0 radical (unpaired) electrons. The van der Waals surface area contributed by atoms with Crippen LogP contribution in [-0.4, -0.2) is 64.7 Å². The number of ether oxygens (including phenoxy) is 1. The predicted octanol–water partition coefficient (Wildman–Crippen LogP) is 2.82. The molecule has 116 valence electrons. The fourth-order valence-corrected chi connectivity index (χ4v) is 3.97. The fourth-order valence-electron chi connectivity index (χ4n) is 3.06. The van der Waals surface area contributed by atoms with Crippen LogP contribution in [-0.2, 0) is 4.74 Å². The molecular weight excluding hydrogens is 272 g/mol. The first-order valence-corrected chi connectivity index (χ1v) is 8.76. The standard InChI is InChI=1S/C15H28N2O2S/c1-14(2,3)19-13(18)16-7-5-6-15(4,12-16)17-8-10-20-11-9-17/h5-12H2,1-4H3. The molecule has 2 heterocycles. The summed E-state index contributed by atoms with van der Waals surface area (Å²) in [5.74, 6) is 2.42. The molecule has 0 aromatic heterocycles. The summed E-state index contributed by atoms with van der Waals surface area (Å²) >= 11 is 2.03. The molecule has 0 aromatic carbocycles. The van der Waals surface area contributed by atoms with Crippen LogP contribution in [0.4, 0.5) is 4.79 Å². The van der Waals surface area contributed by atoms with Crippen LogP contribution < -0.4 is 0 Å². The summed E-state index contributed by atoms with van der Waals surface area (Å²) < 4.78 is 5.52. The number of thioether (sulfide) groups is 1. The number of hydrogen-bond acceptors (Lipinski definition) is 4. The van der Waals surface area contributed by atoms with Crippen LogP contribution in [0.3, 0.4) is 0 Å². The highest BCUT2D eigenvalue weighted by molar-refractivity contribution is 7.99. The van der Waals surface area contributed by atoms with Crippen LogP contribution in [0.15, 0.2) is 0 Å². The highest BCUT2D eigenvalue weighted by Crippen LogP contribution is 2.30. The third-order valence-corrected chi connectivity index (χ3v) is 5.04. The minimum atomic E-state index is -0.410. The van der Waals surface area contributed by atoms with Gasteiger partial charge in [-0.15, -0.1) is 0 Å². The molecular formula is C15H28N2O2S. The first-order valence-electron chi connectivity index (χ1n) is 7.61. The topological polar surface area (TPSA) is 32.8 Å². The average Bonchev–Trinajstić information content (AvgIpc) is 2.38. The Morgan fingerprint density at radius 3 is 2.45 bits per heavy atom. The molecule has 0 saturated carbocycles. The zero-order valence-corrected chi connectivity index (χ0v) is 14.1. The van der Waals surface area contributed by atoms with Crippen molar-refractivity contribution in [3.63, 3.8) is 0 Å². The van der Waals surface area contributed by atoms with Crippen LogP contribution >= 0.6 is 11.8 Å². The third kappa shape index (κ3) is 4.04. The van der Waals surface area contributed by atoms with E-state index in [0.29, 0.717) is 0 Å². The van der Waals surface area contributed by atoms with E-state index in [1.165, 1.54) is 17.9 Å². The van der Waals surface area contributed by atoms with E-state index in [2.05, 4.69) is 11.8 Å². The molecule has 2 aliphatic heterocycles. The van der Waals surface area contributed by atoms with Gasteiger partial charge in [-0.3, -0.25) is 4.90 Å². The van der Waals surface area contributed by atoms with Crippen LogP contribution in [0.25, 0.3) is 0 Å². The van der Waals surface area contributed by atoms with Gasteiger partial charge in [0.05, 0.1) is 0 Å². The van der Waals surface area contributed by atoms with Gasteiger partial charge in [0, 0.05) is 43.2 Å². The zero-order chi connectivity index (χ0) is 14.8. The molecule has 5 heteroatoms. The molecule has 1 amide bonds. The smallest absolute Gasteiger partial charge is 0.410 e. The van der Waals surface area contributed by atoms with Crippen molar-refractivity contribution in [2.45, 2.75) is 51.7 Å². The molecule has 0 aromatic rings. The van der Waals surface area contributed by atoms with Crippen LogP contribution in [0.2, 0.25) is 0 Å². The number of amides is 1. The summed E-state index contributed by atoms with van der Waals surface area (Å²) in [6.07, 6.45) is 2.09. The third-order valence-electron chi connectivity index (χ3n) is 4.10. The Morgan fingerprint density at radius 1 is 1.20 bits per heavy atom. The summed E-state index contributed by atoms with van der Waals surface area (Å²) in [6, 6.07) is 0. The summed E-state index contributed by atoms with van der Waals surface area (Å²) in [6.45, 7) is 12.0. The Hall–Kier alpha value is -0.420. The molecule has 20 heavy (non-hydrogen) atoms. The van der Waals surface area contributed by atoms with Gasteiger partial charge in [0.25, 0.3) is 0 Å². The molecule has 1 unspecified atom stereocenters. The Bertz CT molecular complexity index is 350. The number of rotatable bonds is 1. The van der Waals surface area contributed by atoms with Crippen molar-refractivity contribution < 1.29 is 9.53 Å². The van der Waals surface area contributed by atoms with Crippen molar-refractivity contribution in [2.24, 2.45) is 0 Å². The van der Waals surface area contributed by atoms with E-state index in [0.717, 1.165) is 32.6 Å². The van der Waals surface area contributed by atoms with Gasteiger partial charge in [-0.1, -0.05) is 0 Å². The van der Waals surface area contributed by atoms with Crippen molar-refractivity contribution in [2.75, 3.05) is 37.7 Å². The normalized spacial score (nSPS) is 29.3. The number of likely N-dealkylation sites (tertiary alicyclic amines) is 1. The largest absolute Gasteiger partial charge is 0.444 e. The van der Waals surface area contributed by atoms with E-state index in [1.807, 2.05) is 37.4 Å². The second kappa shape index (κ2) is 6.14. The lowest BCUT2D eigenvalue weighted by molar-refractivity contribution is -0.00848. The number of hydrogen-bond donors (Lipinski definition) is 0. The van der Waals surface area contributed by atoms with Crippen molar-refractivity contribution in [1.29, 1.82) is 0 Å². The lowest BCUT2D eigenvalue weighted by atomic mass is 9.89. The lowest BCUT2D eigenvalue weighted by Crippen LogP contribution is -2.60. The molecule has 2 fully saturated rings. The molecule has 4 nitrogen and oxygen atoms in total. The van der Waals surface area contributed by atoms with Gasteiger partial charge in [-0.2, -0.15) is 11.8 Å². The highest BCUT2D eigenvalue weighted by atomic mass is 32.2. The molecule has 0 N–H and O–H groups in total. The molecule has 1 atom stereocenters. The Kier molecular flexibility index (Phi) is 4.90. The number of carbonyl (C=O) groups is 1. The first-order chi connectivity index (χ1) is 9.30. The first kappa shape index (κ1) is 16.0. The highest BCUT2D eigenvalue weighted by Gasteiger charge is 2.39. The van der Waals surface area contributed by atoms with Gasteiger partial charge in [-0.25, -0.2) is 4.79 Å². The fraction of sp³-hybridized carbons (Fsp3) is 0.933. The Labute approximate surface area is 127 Å². The van der Waals surface area contributed by atoms with E-state index >= 15 is 0 Å². The number of piperidine rings is 1. The summed E-state index contributed by atoms with van der Waals surface area (Å²) in [4.78, 5) is 16.7. The molecule has 0 aliphatic carbocycles. The zero-order valence-electron chi connectivity index (χ0n) is 13.3. The SMILES string of the molecule is CC(C)(C)OC(=O)N1CCCC(C)(N2CCSCC2)C1. The minimum Gasteiger partial charge on any atom is -0.444 e. The van der Waals surface area contributed by atoms with Gasteiger partial charge in [0.1, 0.15) is 5.60 Å². The molecule has 0 bridgehead atoms. The Balaban J connectivity index is 1.98. The monoisotopic (exact) mass is 300 g/mol. The van der Waals surface area contributed by atoms with Gasteiger partial charge >= 0.3 is 6.09 Å². The van der Waals surface area contributed by atoms with Crippen LogP contribution in [0.5, 0.6) is 0 Å². The van der Waals surface area contributed by atoms with Gasteiger partial charge in [0.15, 0.2) is 0 Å². The molecule has 2 aliphatic rings. The molecule has 2 saturated heterocycles. The van der Waals surface area contributed by atoms with Gasteiger partial charge in [0.2, 0.25) is 0 Å². The maximum Gasteiger partial charge on any atom is 0.410 e. The van der Waals surface area contributed by atoms with E-state index in [-0.39, 0.29) is 11.6 Å². The number of nitrogens with zero attached hydrogens (tertiary/aromatic N) is 2. The van der Waals surface area contributed by atoms with E-state index in [4.69, 9.17) is 4.74 Å². The lowest BCUT2D eigenvalue weighted by Gasteiger charge is -2.48. The van der Waals surface area contributed by atoms with Gasteiger partial charge in [-0.05, 0) is 40.5 Å². The maximum atomic E-state index is 12.3. The van der Waals surface area contributed by atoms with Crippen LogP contribution in [0.1, 0.15) is 40.5 Å². The van der Waals surface area contributed by atoms with Crippen molar-refractivity contribution in [3.05, 3.63) is 0 Å². The van der Waals surface area contributed by atoms with Crippen molar-refractivity contribution in [3.8, 4) is 0 Å². The maximum absolute atomic E-state index is 12.3. The quantitative estimate of drug-likeness (QED) is 0.745. The summed E-state index contributed by atoms with van der Waals surface area (Å²) in [5.41, 5.74) is -0.289. The van der Waals surface area contributed by atoms with E-state index < -0.39 is 5.60 Å². The van der Waals surface area contributed by atoms with Crippen LogP contribution in [0, 0.1) is 0 Å². The average molecular weight is 300 g/mol. The van der Waals surface area contributed by atoms with Gasteiger partial charge < -0.3 is 9.64 Å².